The van der Waals surface area contributed by atoms with Gasteiger partial charge >= 0.3 is 5.69 Å². The summed E-state index contributed by atoms with van der Waals surface area (Å²) in [6, 6.07) is 0. The number of nitrogens with two attached hydrogens (primary N) is 1. The Morgan fingerprint density at radius 1 is 1.47 bits per heavy atom. The summed E-state index contributed by atoms with van der Waals surface area (Å²) in [6.07, 6.45) is 1.42. The summed E-state index contributed by atoms with van der Waals surface area (Å²) in [5.74, 6) is 6.22. The molecule has 0 unspecified atom stereocenters. The Bertz CT molecular complexity index is 633. The molecular formula is C10H15N7OS. The second-order valence-corrected chi connectivity index (χ2v) is 5.17. The molecule has 0 aliphatic rings. The van der Waals surface area contributed by atoms with E-state index in [1.165, 1.54) is 22.7 Å². The van der Waals surface area contributed by atoms with Gasteiger partial charge in [0.25, 0.3) is 0 Å². The average Bonchev–Trinajstić information content (AvgIpc) is 2.70. The van der Waals surface area contributed by atoms with Gasteiger partial charge in [-0.1, -0.05) is 13.8 Å². The van der Waals surface area contributed by atoms with Crippen molar-refractivity contribution in [1.29, 1.82) is 0 Å². The quantitative estimate of drug-likeness (QED) is 0.423. The van der Waals surface area contributed by atoms with Crippen molar-refractivity contribution in [3.63, 3.8) is 0 Å². The minimum atomic E-state index is -0.264. The van der Waals surface area contributed by atoms with E-state index >= 15 is 0 Å². The zero-order valence-corrected chi connectivity index (χ0v) is 11.7. The third kappa shape index (κ3) is 2.61. The van der Waals surface area contributed by atoms with E-state index in [-0.39, 0.29) is 11.6 Å². The zero-order valence-electron chi connectivity index (χ0n) is 10.8. The summed E-state index contributed by atoms with van der Waals surface area (Å²) < 4.78 is 1.42. The number of rotatable bonds is 4. The number of hydrazine groups is 1. The Hall–Kier alpha value is -1.87. The normalized spacial score (nSPS) is 11.0. The Labute approximate surface area is 113 Å². The molecule has 0 fully saturated rings. The van der Waals surface area contributed by atoms with Gasteiger partial charge in [0.05, 0.1) is 0 Å². The van der Waals surface area contributed by atoms with Crippen molar-refractivity contribution in [2.45, 2.75) is 29.9 Å². The molecule has 4 N–H and O–H groups in total. The van der Waals surface area contributed by atoms with Crippen molar-refractivity contribution in [2.75, 3.05) is 5.43 Å². The molecule has 0 radical (unpaired) electrons. The first-order chi connectivity index (χ1) is 9.04. The van der Waals surface area contributed by atoms with Crippen molar-refractivity contribution in [3.8, 4) is 0 Å². The Kier molecular flexibility index (Phi) is 3.86. The fourth-order valence-corrected chi connectivity index (χ4v) is 2.63. The van der Waals surface area contributed by atoms with Gasteiger partial charge in [-0.25, -0.2) is 25.7 Å². The van der Waals surface area contributed by atoms with Crippen LogP contribution >= 0.6 is 11.8 Å². The lowest BCUT2D eigenvalue weighted by Gasteiger charge is -2.14. The smallest absolute Gasteiger partial charge is 0.308 e. The molecule has 2 heterocycles. The standard InChI is InChI=1S/C10H15N7OS/c1-5(2)6-7(14-11)12-4-13-8(6)19-10-16-15-9(18)17(10)3/h4-5H,11H2,1-3H3,(H,15,18)(H,12,13,14). The first-order valence-electron chi connectivity index (χ1n) is 5.65. The number of aromatic amines is 1. The highest BCUT2D eigenvalue weighted by atomic mass is 32.2. The lowest BCUT2D eigenvalue weighted by atomic mass is 10.1. The topological polar surface area (TPSA) is 115 Å². The number of nitrogen functional groups attached to an aromatic ring is 1. The highest BCUT2D eigenvalue weighted by Crippen LogP contribution is 2.33. The minimum absolute atomic E-state index is 0.186. The van der Waals surface area contributed by atoms with Crippen molar-refractivity contribution in [2.24, 2.45) is 12.9 Å². The summed E-state index contributed by atoms with van der Waals surface area (Å²) in [4.78, 5) is 19.7. The van der Waals surface area contributed by atoms with Gasteiger partial charge in [-0.05, 0) is 17.7 Å². The zero-order chi connectivity index (χ0) is 14.0. The molecule has 0 aliphatic heterocycles. The van der Waals surface area contributed by atoms with Gasteiger partial charge < -0.3 is 5.43 Å². The Morgan fingerprint density at radius 2 is 2.21 bits per heavy atom. The third-order valence-corrected chi connectivity index (χ3v) is 3.65. The van der Waals surface area contributed by atoms with Crippen LogP contribution < -0.4 is 17.0 Å². The van der Waals surface area contributed by atoms with E-state index in [1.807, 2.05) is 13.8 Å². The maximum absolute atomic E-state index is 11.3. The van der Waals surface area contributed by atoms with Crippen LogP contribution in [0.3, 0.4) is 0 Å². The van der Waals surface area contributed by atoms with E-state index in [0.717, 1.165) is 10.6 Å². The lowest BCUT2D eigenvalue weighted by molar-refractivity contribution is 0.759. The molecular weight excluding hydrogens is 266 g/mol. The van der Waals surface area contributed by atoms with Crippen molar-refractivity contribution < 1.29 is 0 Å². The molecule has 2 aromatic rings. The first kappa shape index (κ1) is 13.6. The molecule has 0 aromatic carbocycles. The molecule has 0 spiro atoms. The molecule has 0 saturated heterocycles. The number of nitrogens with one attached hydrogen (secondary N) is 2. The second kappa shape index (κ2) is 5.41. The molecule has 0 amide bonds. The molecule has 2 rings (SSSR count). The predicted molar refractivity (Wildman–Crippen MR) is 71.9 cm³/mol. The molecule has 102 valence electrons. The number of aromatic nitrogens is 5. The first-order valence-corrected chi connectivity index (χ1v) is 6.47. The van der Waals surface area contributed by atoms with Gasteiger partial charge in [-0.3, -0.25) is 4.57 Å². The van der Waals surface area contributed by atoms with Crippen LogP contribution in [0.15, 0.2) is 21.3 Å². The van der Waals surface area contributed by atoms with E-state index in [4.69, 9.17) is 5.84 Å². The van der Waals surface area contributed by atoms with E-state index in [0.29, 0.717) is 11.0 Å². The highest BCUT2D eigenvalue weighted by Gasteiger charge is 2.17. The fourth-order valence-electron chi connectivity index (χ4n) is 1.61. The van der Waals surface area contributed by atoms with Crippen molar-refractivity contribution in [3.05, 3.63) is 22.4 Å². The fraction of sp³-hybridized carbons (Fsp3) is 0.400. The monoisotopic (exact) mass is 281 g/mol. The van der Waals surface area contributed by atoms with Gasteiger partial charge in [0.1, 0.15) is 17.2 Å². The average molecular weight is 281 g/mol. The van der Waals surface area contributed by atoms with Gasteiger partial charge in [0, 0.05) is 12.6 Å². The minimum Gasteiger partial charge on any atom is -0.308 e. The van der Waals surface area contributed by atoms with Crippen LogP contribution in [0, 0.1) is 0 Å². The van der Waals surface area contributed by atoms with Crippen molar-refractivity contribution in [1.82, 2.24) is 24.7 Å². The highest BCUT2D eigenvalue weighted by molar-refractivity contribution is 7.99. The maximum Gasteiger partial charge on any atom is 0.343 e. The van der Waals surface area contributed by atoms with Crippen LogP contribution in [0.2, 0.25) is 0 Å². The Morgan fingerprint density at radius 3 is 2.74 bits per heavy atom. The number of anilines is 1. The number of hydrogen-bond acceptors (Lipinski definition) is 7. The number of H-pyrrole nitrogens is 1. The largest absolute Gasteiger partial charge is 0.343 e. The summed E-state index contributed by atoms with van der Waals surface area (Å²) in [7, 11) is 1.65. The second-order valence-electron chi connectivity index (χ2n) is 4.21. The van der Waals surface area contributed by atoms with E-state index in [2.05, 4.69) is 25.6 Å². The van der Waals surface area contributed by atoms with Crippen LogP contribution in [0.4, 0.5) is 5.82 Å². The molecule has 0 bridgehead atoms. The van der Waals surface area contributed by atoms with Gasteiger partial charge in [0.2, 0.25) is 0 Å². The molecule has 0 saturated carbocycles. The van der Waals surface area contributed by atoms with Gasteiger partial charge in [-0.2, -0.15) is 0 Å². The molecule has 9 heteroatoms. The summed E-state index contributed by atoms with van der Waals surface area (Å²) in [5, 5.41) is 7.59. The van der Waals surface area contributed by atoms with Crippen molar-refractivity contribution >= 4 is 17.6 Å². The molecule has 19 heavy (non-hydrogen) atoms. The van der Waals surface area contributed by atoms with Gasteiger partial charge in [-0.15, -0.1) is 5.10 Å². The van der Waals surface area contributed by atoms with Crippen LogP contribution in [-0.4, -0.2) is 24.7 Å². The lowest BCUT2D eigenvalue weighted by Crippen LogP contribution is -2.14. The number of hydrogen-bond donors (Lipinski definition) is 3. The van der Waals surface area contributed by atoms with E-state index in [1.54, 1.807) is 7.05 Å². The van der Waals surface area contributed by atoms with Crippen LogP contribution in [-0.2, 0) is 7.05 Å². The van der Waals surface area contributed by atoms with Crippen LogP contribution in [0.1, 0.15) is 25.3 Å². The summed E-state index contributed by atoms with van der Waals surface area (Å²) in [6.45, 7) is 4.04. The molecule has 2 aromatic heterocycles. The molecule has 0 aliphatic carbocycles. The van der Waals surface area contributed by atoms with Crippen LogP contribution in [0.5, 0.6) is 0 Å². The van der Waals surface area contributed by atoms with Gasteiger partial charge in [0.15, 0.2) is 5.16 Å². The van der Waals surface area contributed by atoms with Crippen LogP contribution in [0.25, 0.3) is 0 Å². The summed E-state index contributed by atoms with van der Waals surface area (Å²) >= 11 is 1.29. The van der Waals surface area contributed by atoms with E-state index in [9.17, 15) is 4.79 Å². The van der Waals surface area contributed by atoms with E-state index < -0.39 is 0 Å². The predicted octanol–water partition coefficient (Wildman–Crippen LogP) is 0.459. The number of nitrogens with zero attached hydrogens (tertiary/aromatic N) is 4. The SMILES string of the molecule is CC(C)c1c(NN)ncnc1Sc1n[nH]c(=O)n1C. The third-order valence-electron chi connectivity index (χ3n) is 2.59. The summed E-state index contributed by atoms with van der Waals surface area (Å²) in [5.41, 5.74) is 3.19. The molecule has 8 nitrogen and oxygen atoms in total. The maximum atomic E-state index is 11.3. The molecule has 0 atom stereocenters. The Balaban J connectivity index is 2.45.